The highest BCUT2D eigenvalue weighted by Crippen LogP contribution is 2.25. The molecule has 118 valence electrons. The zero-order chi connectivity index (χ0) is 15.5. The Morgan fingerprint density at radius 3 is 2.71 bits per heavy atom. The van der Waals surface area contributed by atoms with E-state index in [-0.39, 0.29) is 12.2 Å². The molecule has 0 bridgehead atoms. The highest BCUT2D eigenvalue weighted by atomic mass is 16.5. The van der Waals surface area contributed by atoms with E-state index >= 15 is 0 Å². The summed E-state index contributed by atoms with van der Waals surface area (Å²) in [6, 6.07) is 5.08. The maximum Gasteiger partial charge on any atom is 0.344 e. The van der Waals surface area contributed by atoms with Crippen molar-refractivity contribution in [1.82, 2.24) is 0 Å². The van der Waals surface area contributed by atoms with E-state index in [1.165, 1.54) is 0 Å². The molecule has 0 aliphatic carbocycles. The Morgan fingerprint density at radius 2 is 2.00 bits per heavy atom. The van der Waals surface area contributed by atoms with E-state index in [0.717, 1.165) is 0 Å². The van der Waals surface area contributed by atoms with E-state index in [9.17, 15) is 4.79 Å². The van der Waals surface area contributed by atoms with E-state index in [0.29, 0.717) is 44.3 Å². The molecule has 0 unspecified atom stereocenters. The first-order valence-corrected chi connectivity index (χ1v) is 6.95. The molecule has 6 nitrogen and oxygen atoms in total. The fourth-order valence-electron chi connectivity index (χ4n) is 1.68. The molecule has 0 radical (unpaired) electrons. The van der Waals surface area contributed by atoms with E-state index in [4.69, 9.17) is 24.7 Å². The number of ether oxygens (including phenoxy) is 4. The third kappa shape index (κ3) is 6.01. The number of hydrogen-bond donors (Lipinski definition) is 1. The molecule has 0 aromatic heterocycles. The molecule has 0 aliphatic rings. The van der Waals surface area contributed by atoms with Gasteiger partial charge in [-0.1, -0.05) is 6.07 Å². The zero-order valence-corrected chi connectivity index (χ0v) is 12.6. The first kappa shape index (κ1) is 17.3. The van der Waals surface area contributed by atoms with Crippen LogP contribution in [0.5, 0.6) is 5.75 Å². The van der Waals surface area contributed by atoms with Crippen LogP contribution >= 0.6 is 0 Å². The number of benzene rings is 1. The fraction of sp³-hybridized carbons (Fsp3) is 0.533. The molecule has 0 heterocycles. The third-order valence-corrected chi connectivity index (χ3v) is 2.66. The van der Waals surface area contributed by atoms with Crippen LogP contribution in [0.4, 0.5) is 5.69 Å². The van der Waals surface area contributed by atoms with Crippen LogP contribution in [0.2, 0.25) is 0 Å². The maximum absolute atomic E-state index is 12.1. The number of esters is 1. The van der Waals surface area contributed by atoms with Crippen molar-refractivity contribution >= 4 is 11.7 Å². The molecule has 6 heteroatoms. The highest BCUT2D eigenvalue weighted by Gasteiger charge is 2.17. The average Bonchev–Trinajstić information content (AvgIpc) is 2.46. The molecule has 0 atom stereocenters. The second-order valence-corrected chi connectivity index (χ2v) is 4.25. The van der Waals surface area contributed by atoms with Gasteiger partial charge in [-0.25, -0.2) is 4.79 Å². The van der Waals surface area contributed by atoms with Crippen molar-refractivity contribution in [2.75, 3.05) is 45.9 Å². The number of rotatable bonds is 10. The highest BCUT2D eigenvalue weighted by molar-refractivity contribution is 5.98. The van der Waals surface area contributed by atoms with Crippen LogP contribution in [0, 0.1) is 0 Å². The summed E-state index contributed by atoms with van der Waals surface area (Å²) in [5.41, 5.74) is 6.45. The summed E-state index contributed by atoms with van der Waals surface area (Å²) in [6.45, 7) is 4.17. The molecule has 2 N–H and O–H groups in total. The van der Waals surface area contributed by atoms with Gasteiger partial charge in [0.1, 0.15) is 11.3 Å². The van der Waals surface area contributed by atoms with E-state index in [2.05, 4.69) is 0 Å². The summed E-state index contributed by atoms with van der Waals surface area (Å²) in [6.07, 6.45) is 0.617. The lowest BCUT2D eigenvalue weighted by Crippen LogP contribution is -2.13. The Labute approximate surface area is 125 Å². The third-order valence-electron chi connectivity index (χ3n) is 2.66. The van der Waals surface area contributed by atoms with Gasteiger partial charge < -0.3 is 24.7 Å². The normalized spacial score (nSPS) is 10.4. The summed E-state index contributed by atoms with van der Waals surface area (Å²) in [5, 5.41) is 0. The second-order valence-electron chi connectivity index (χ2n) is 4.25. The van der Waals surface area contributed by atoms with Gasteiger partial charge in [-0.2, -0.15) is 0 Å². The Kier molecular flexibility index (Phi) is 8.23. The van der Waals surface area contributed by atoms with E-state index in [1.807, 2.05) is 6.92 Å². The van der Waals surface area contributed by atoms with Crippen molar-refractivity contribution in [3.05, 3.63) is 23.8 Å². The van der Waals surface area contributed by atoms with Crippen LogP contribution in [0.25, 0.3) is 0 Å². The molecule has 0 aliphatic heterocycles. The van der Waals surface area contributed by atoms with E-state index in [1.54, 1.807) is 25.3 Å². The van der Waals surface area contributed by atoms with Gasteiger partial charge in [-0.15, -0.1) is 0 Å². The number of nitrogens with two attached hydrogens (primary N) is 1. The van der Waals surface area contributed by atoms with Gasteiger partial charge in [-0.3, -0.25) is 0 Å². The van der Waals surface area contributed by atoms with Crippen molar-refractivity contribution in [1.29, 1.82) is 0 Å². The van der Waals surface area contributed by atoms with Crippen LogP contribution < -0.4 is 10.5 Å². The topological polar surface area (TPSA) is 80.0 Å². The lowest BCUT2D eigenvalue weighted by Gasteiger charge is -2.12. The van der Waals surface area contributed by atoms with Crippen molar-refractivity contribution in [3.63, 3.8) is 0 Å². The number of methoxy groups -OCH3 is 1. The zero-order valence-electron chi connectivity index (χ0n) is 12.6. The Morgan fingerprint density at radius 1 is 1.19 bits per heavy atom. The van der Waals surface area contributed by atoms with Crippen molar-refractivity contribution in [3.8, 4) is 5.75 Å². The average molecular weight is 297 g/mol. The molecule has 0 saturated heterocycles. The second kappa shape index (κ2) is 10.0. The number of nitrogen functional groups attached to an aromatic ring is 1. The van der Waals surface area contributed by atoms with Crippen molar-refractivity contribution in [2.45, 2.75) is 13.3 Å². The van der Waals surface area contributed by atoms with Gasteiger partial charge in [0, 0.05) is 25.8 Å². The molecule has 1 aromatic carbocycles. The molecular formula is C15H23NO5. The standard InChI is InChI=1S/C15H23NO5/c1-3-20-13-7-4-6-12(16)14(13)15(17)21-9-5-8-19-11-10-18-2/h4,6-7H,3,5,8-11,16H2,1-2H3. The molecule has 1 rings (SSSR count). The minimum absolute atomic E-state index is 0.270. The smallest absolute Gasteiger partial charge is 0.344 e. The van der Waals surface area contributed by atoms with Crippen LogP contribution in [-0.4, -0.2) is 46.1 Å². The summed E-state index contributed by atoms with van der Waals surface area (Å²) >= 11 is 0. The molecule has 21 heavy (non-hydrogen) atoms. The van der Waals surface area contributed by atoms with Crippen LogP contribution in [-0.2, 0) is 14.2 Å². The molecule has 0 amide bonds. The van der Waals surface area contributed by atoms with Crippen LogP contribution in [0.3, 0.4) is 0 Å². The molecule has 1 aromatic rings. The lowest BCUT2D eigenvalue weighted by atomic mass is 10.1. The van der Waals surface area contributed by atoms with Gasteiger partial charge in [0.05, 0.1) is 26.4 Å². The first-order chi connectivity index (χ1) is 10.2. The number of carbonyl (C=O) groups is 1. The molecule has 0 saturated carbocycles. The number of carbonyl (C=O) groups excluding carboxylic acids is 1. The Bertz CT molecular complexity index is 436. The summed E-state index contributed by atoms with van der Waals surface area (Å²) in [4.78, 5) is 12.1. The Hall–Kier alpha value is -1.79. The minimum atomic E-state index is -0.478. The summed E-state index contributed by atoms with van der Waals surface area (Å²) in [7, 11) is 1.62. The predicted molar refractivity (Wildman–Crippen MR) is 79.6 cm³/mol. The van der Waals surface area contributed by atoms with Crippen LogP contribution in [0.15, 0.2) is 18.2 Å². The quantitative estimate of drug-likeness (QED) is 0.403. The van der Waals surface area contributed by atoms with E-state index < -0.39 is 5.97 Å². The van der Waals surface area contributed by atoms with Gasteiger partial charge in [-0.05, 0) is 19.1 Å². The number of hydrogen-bond acceptors (Lipinski definition) is 6. The minimum Gasteiger partial charge on any atom is -0.493 e. The van der Waals surface area contributed by atoms with Gasteiger partial charge in [0.2, 0.25) is 0 Å². The largest absolute Gasteiger partial charge is 0.493 e. The number of anilines is 1. The fourth-order valence-corrected chi connectivity index (χ4v) is 1.68. The molecule has 0 fully saturated rings. The maximum atomic E-state index is 12.1. The summed E-state index contributed by atoms with van der Waals surface area (Å²) in [5.74, 6) is -0.0349. The Balaban J connectivity index is 2.41. The molecular weight excluding hydrogens is 274 g/mol. The monoisotopic (exact) mass is 297 g/mol. The lowest BCUT2D eigenvalue weighted by molar-refractivity contribution is 0.0383. The predicted octanol–water partition coefficient (Wildman–Crippen LogP) is 1.88. The van der Waals surface area contributed by atoms with Gasteiger partial charge in [0.15, 0.2) is 0 Å². The van der Waals surface area contributed by atoms with Crippen molar-refractivity contribution in [2.24, 2.45) is 0 Å². The van der Waals surface area contributed by atoms with Gasteiger partial charge >= 0.3 is 5.97 Å². The SMILES string of the molecule is CCOc1cccc(N)c1C(=O)OCCCOCCOC. The van der Waals surface area contributed by atoms with Gasteiger partial charge in [0.25, 0.3) is 0 Å². The summed E-state index contributed by atoms with van der Waals surface area (Å²) < 4.78 is 20.7. The molecule has 0 spiro atoms. The van der Waals surface area contributed by atoms with Crippen molar-refractivity contribution < 1.29 is 23.7 Å². The van der Waals surface area contributed by atoms with Crippen LogP contribution in [0.1, 0.15) is 23.7 Å². The first-order valence-electron chi connectivity index (χ1n) is 6.95.